The predicted octanol–water partition coefficient (Wildman–Crippen LogP) is 1.51. The first-order valence-electron chi connectivity index (χ1n) is 4.32. The van der Waals surface area contributed by atoms with Gasteiger partial charge in [0.25, 0.3) is 0 Å². The van der Waals surface area contributed by atoms with Crippen LogP contribution in [0.25, 0.3) is 0 Å². The van der Waals surface area contributed by atoms with E-state index in [1.54, 1.807) is 0 Å². The lowest BCUT2D eigenvalue weighted by Crippen LogP contribution is -2.29. The number of rotatable bonds is 1. The number of amides is 1. The Morgan fingerprint density at radius 3 is 3.00 bits per heavy atom. The van der Waals surface area contributed by atoms with Crippen molar-refractivity contribution in [2.24, 2.45) is 0 Å². The van der Waals surface area contributed by atoms with Crippen molar-refractivity contribution >= 4 is 24.2 Å². The molecule has 0 radical (unpaired) electrons. The van der Waals surface area contributed by atoms with Gasteiger partial charge in [-0.3, -0.25) is 4.79 Å². The minimum absolute atomic E-state index is 0.0910. The Kier molecular flexibility index (Phi) is 2.27. The van der Waals surface area contributed by atoms with Crippen LogP contribution >= 0.6 is 12.6 Å². The Balaban J connectivity index is 2.33. The molecule has 1 aliphatic heterocycles. The molecule has 0 saturated carbocycles. The first-order valence-corrected chi connectivity index (χ1v) is 4.95. The molecule has 2 nitrogen and oxygen atoms in total. The summed E-state index contributed by atoms with van der Waals surface area (Å²) in [4.78, 5) is 13.2. The lowest BCUT2D eigenvalue weighted by molar-refractivity contribution is -0.116. The van der Waals surface area contributed by atoms with Crippen LogP contribution in [0.3, 0.4) is 0 Å². The fourth-order valence-corrected chi connectivity index (χ4v) is 1.85. The number of hydrogen-bond donors (Lipinski definition) is 1. The van der Waals surface area contributed by atoms with Gasteiger partial charge in [-0.1, -0.05) is 18.2 Å². The summed E-state index contributed by atoms with van der Waals surface area (Å²) < 4.78 is 0. The van der Waals surface area contributed by atoms with Crippen molar-refractivity contribution in [3.05, 3.63) is 29.8 Å². The van der Waals surface area contributed by atoms with Crippen molar-refractivity contribution in [3.63, 3.8) is 0 Å². The van der Waals surface area contributed by atoms with Gasteiger partial charge in [0.2, 0.25) is 5.91 Å². The zero-order valence-electron chi connectivity index (χ0n) is 7.23. The van der Waals surface area contributed by atoms with Crippen LogP contribution in [0.5, 0.6) is 0 Å². The Morgan fingerprint density at radius 1 is 1.46 bits per heavy atom. The van der Waals surface area contributed by atoms with Gasteiger partial charge in [-0.15, -0.1) is 0 Å². The normalized spacial score (nSPS) is 14.4. The second kappa shape index (κ2) is 3.42. The van der Waals surface area contributed by atoms with Crippen LogP contribution < -0.4 is 4.90 Å². The molecule has 1 aliphatic rings. The van der Waals surface area contributed by atoms with Gasteiger partial charge in [-0.2, -0.15) is 12.6 Å². The first-order chi connectivity index (χ1) is 6.33. The highest BCUT2D eigenvalue weighted by molar-refractivity contribution is 7.81. The van der Waals surface area contributed by atoms with Gasteiger partial charge in [0.1, 0.15) is 0 Å². The number of benzene rings is 1. The number of carbonyl (C=O) groups is 1. The summed E-state index contributed by atoms with van der Waals surface area (Å²) in [5.74, 6) is 0.377. The van der Waals surface area contributed by atoms with Gasteiger partial charge in [-0.25, -0.2) is 0 Å². The molecule has 0 saturated heterocycles. The number of thiol groups is 1. The van der Waals surface area contributed by atoms with E-state index in [1.165, 1.54) is 5.56 Å². The lowest BCUT2D eigenvalue weighted by Gasteiger charge is -2.15. The molecular weight excluding hydrogens is 182 g/mol. The largest absolute Gasteiger partial charge is 0.311 e. The summed E-state index contributed by atoms with van der Waals surface area (Å²) in [7, 11) is 0. The SMILES string of the molecule is O=C(CS)N1CCc2ccccc21. The first kappa shape index (κ1) is 8.63. The molecular formula is C10H11NOS. The molecule has 0 spiro atoms. The van der Waals surface area contributed by atoms with E-state index in [9.17, 15) is 4.79 Å². The van der Waals surface area contributed by atoms with E-state index in [2.05, 4.69) is 18.7 Å². The highest BCUT2D eigenvalue weighted by atomic mass is 32.1. The molecule has 1 aromatic carbocycles. The van der Waals surface area contributed by atoms with Crippen molar-refractivity contribution < 1.29 is 4.79 Å². The monoisotopic (exact) mass is 193 g/mol. The quantitative estimate of drug-likeness (QED) is 0.670. The van der Waals surface area contributed by atoms with Crippen LogP contribution in [0, 0.1) is 0 Å². The molecule has 0 unspecified atom stereocenters. The van der Waals surface area contributed by atoms with Crippen LogP contribution in [0.2, 0.25) is 0 Å². The molecule has 68 valence electrons. The number of nitrogens with zero attached hydrogens (tertiary/aromatic N) is 1. The highest BCUT2D eigenvalue weighted by Crippen LogP contribution is 2.27. The zero-order chi connectivity index (χ0) is 9.26. The molecule has 0 aromatic heterocycles. The zero-order valence-corrected chi connectivity index (χ0v) is 8.13. The van der Waals surface area contributed by atoms with Crippen LogP contribution in [-0.2, 0) is 11.2 Å². The second-order valence-corrected chi connectivity index (χ2v) is 3.40. The molecule has 0 fully saturated rings. The van der Waals surface area contributed by atoms with Crippen molar-refractivity contribution in [2.45, 2.75) is 6.42 Å². The van der Waals surface area contributed by atoms with E-state index in [0.717, 1.165) is 18.7 Å². The number of fused-ring (bicyclic) bond motifs is 1. The third kappa shape index (κ3) is 1.44. The lowest BCUT2D eigenvalue weighted by atomic mass is 10.2. The van der Waals surface area contributed by atoms with Crippen LogP contribution in [0.4, 0.5) is 5.69 Å². The van der Waals surface area contributed by atoms with Gasteiger partial charge >= 0.3 is 0 Å². The maximum atomic E-state index is 11.4. The second-order valence-electron chi connectivity index (χ2n) is 3.08. The minimum atomic E-state index is 0.0910. The van der Waals surface area contributed by atoms with Crippen molar-refractivity contribution in [1.82, 2.24) is 0 Å². The third-order valence-corrected chi connectivity index (χ3v) is 2.59. The van der Waals surface area contributed by atoms with Crippen LogP contribution in [-0.4, -0.2) is 18.2 Å². The van der Waals surface area contributed by atoms with Gasteiger partial charge < -0.3 is 4.90 Å². The summed E-state index contributed by atoms with van der Waals surface area (Å²) in [6.07, 6.45) is 0.968. The molecule has 0 atom stereocenters. The molecule has 0 N–H and O–H groups in total. The number of anilines is 1. The summed E-state index contributed by atoms with van der Waals surface area (Å²) in [5, 5.41) is 0. The van der Waals surface area contributed by atoms with E-state index in [-0.39, 0.29) is 11.7 Å². The highest BCUT2D eigenvalue weighted by Gasteiger charge is 2.22. The third-order valence-electron chi connectivity index (χ3n) is 2.32. The van der Waals surface area contributed by atoms with E-state index in [1.807, 2.05) is 23.1 Å². The molecule has 1 amide bonds. The average molecular weight is 193 g/mol. The Hall–Kier alpha value is -0.960. The summed E-state index contributed by atoms with van der Waals surface area (Å²) in [6.45, 7) is 0.804. The maximum absolute atomic E-state index is 11.4. The van der Waals surface area contributed by atoms with E-state index >= 15 is 0 Å². The molecule has 1 aromatic rings. The molecule has 0 bridgehead atoms. The molecule has 2 rings (SSSR count). The number of hydrogen-bond acceptors (Lipinski definition) is 2. The Morgan fingerprint density at radius 2 is 2.23 bits per heavy atom. The standard InChI is InChI=1S/C10H11NOS/c12-10(7-13)11-6-5-8-3-1-2-4-9(8)11/h1-4,13H,5-7H2. The summed E-state index contributed by atoms with van der Waals surface area (Å²) in [6, 6.07) is 8.03. The number of carbonyl (C=O) groups excluding carboxylic acids is 1. The molecule has 3 heteroatoms. The topological polar surface area (TPSA) is 20.3 Å². The summed E-state index contributed by atoms with van der Waals surface area (Å²) in [5.41, 5.74) is 2.32. The van der Waals surface area contributed by atoms with E-state index < -0.39 is 0 Å². The Bertz CT molecular complexity index is 337. The van der Waals surface area contributed by atoms with Crippen LogP contribution in [0.15, 0.2) is 24.3 Å². The average Bonchev–Trinajstić information content (AvgIpc) is 2.60. The Labute approximate surface area is 83.0 Å². The van der Waals surface area contributed by atoms with Crippen molar-refractivity contribution in [2.75, 3.05) is 17.2 Å². The van der Waals surface area contributed by atoms with E-state index in [0.29, 0.717) is 0 Å². The van der Waals surface area contributed by atoms with Crippen molar-refractivity contribution in [1.29, 1.82) is 0 Å². The fourth-order valence-electron chi connectivity index (χ4n) is 1.68. The van der Waals surface area contributed by atoms with Gasteiger partial charge in [0.05, 0.1) is 5.75 Å². The number of para-hydroxylation sites is 1. The fraction of sp³-hybridized carbons (Fsp3) is 0.300. The van der Waals surface area contributed by atoms with Crippen LogP contribution in [0.1, 0.15) is 5.56 Å². The minimum Gasteiger partial charge on any atom is -0.311 e. The summed E-state index contributed by atoms with van der Waals surface area (Å²) >= 11 is 3.99. The maximum Gasteiger partial charge on any atom is 0.236 e. The predicted molar refractivity (Wildman–Crippen MR) is 56.4 cm³/mol. The van der Waals surface area contributed by atoms with Gasteiger partial charge in [0, 0.05) is 12.2 Å². The van der Waals surface area contributed by atoms with Gasteiger partial charge in [0.15, 0.2) is 0 Å². The molecule has 1 heterocycles. The smallest absolute Gasteiger partial charge is 0.236 e. The molecule has 13 heavy (non-hydrogen) atoms. The van der Waals surface area contributed by atoms with Crippen molar-refractivity contribution in [3.8, 4) is 0 Å². The van der Waals surface area contributed by atoms with E-state index in [4.69, 9.17) is 0 Å². The van der Waals surface area contributed by atoms with Gasteiger partial charge in [-0.05, 0) is 18.1 Å². The molecule has 0 aliphatic carbocycles.